The Hall–Kier alpha value is -0.520. The highest BCUT2D eigenvalue weighted by molar-refractivity contribution is 7.55. The van der Waals surface area contributed by atoms with Crippen LogP contribution < -0.4 is 0 Å². The summed E-state index contributed by atoms with van der Waals surface area (Å²) in [6, 6.07) is 0. The molecule has 0 rings (SSSR count). The van der Waals surface area contributed by atoms with E-state index >= 15 is 0 Å². The summed E-state index contributed by atoms with van der Waals surface area (Å²) in [5, 5.41) is 8.67. The van der Waals surface area contributed by atoms with E-state index in [-0.39, 0.29) is 13.0 Å². The van der Waals surface area contributed by atoms with Gasteiger partial charge in [-0.2, -0.15) is 0 Å². The first-order chi connectivity index (χ1) is 12.7. The molecule has 0 aliphatic heterocycles. The Bertz CT molecular complexity index is 538. The molecule has 0 bridgehead atoms. The van der Waals surface area contributed by atoms with Gasteiger partial charge in [0, 0.05) is 20.6 Å². The van der Waals surface area contributed by atoms with Crippen molar-refractivity contribution in [3.63, 3.8) is 0 Å². The molecule has 160 valence electrons. The molecule has 2 N–H and O–H groups in total. The van der Waals surface area contributed by atoms with Gasteiger partial charge in [0.25, 0.3) is 0 Å². The third-order valence-corrected chi connectivity index (χ3v) is 6.33. The molecular formula is C13H27O11P3. The largest absolute Gasteiger partial charge is 0.481 e. The molecule has 0 aliphatic rings. The number of hydrogen-bond donors (Lipinski definition) is 2. The van der Waals surface area contributed by atoms with Crippen molar-refractivity contribution in [1.82, 2.24) is 0 Å². The van der Waals surface area contributed by atoms with Gasteiger partial charge >= 0.3 is 30.1 Å². The minimum atomic E-state index is -3.61. The molecular weight excluding hydrogens is 425 g/mol. The molecule has 0 amide bonds. The van der Waals surface area contributed by atoms with Gasteiger partial charge in [0.1, 0.15) is 0 Å². The van der Waals surface area contributed by atoms with Crippen LogP contribution in [0.3, 0.4) is 0 Å². The maximum atomic E-state index is 11.6. The Morgan fingerprint density at radius 1 is 1.15 bits per heavy atom. The number of aliphatic carboxylic acids is 1. The lowest BCUT2D eigenvalue weighted by Gasteiger charge is -2.18. The van der Waals surface area contributed by atoms with E-state index in [2.05, 4.69) is 19.5 Å². The summed E-state index contributed by atoms with van der Waals surface area (Å²) < 4.78 is 55.5. The smallest absolute Gasteiger partial charge is 0.345 e. The number of terminal acetylenes is 1. The van der Waals surface area contributed by atoms with Gasteiger partial charge in [-0.1, -0.05) is 0 Å². The molecule has 14 heteroatoms. The molecule has 0 spiro atoms. The first kappa shape index (κ1) is 28.7. The van der Waals surface area contributed by atoms with Crippen molar-refractivity contribution in [3.8, 4) is 12.3 Å². The zero-order valence-electron chi connectivity index (χ0n) is 15.4. The highest BCUT2D eigenvalue weighted by atomic mass is 31.2. The highest BCUT2D eigenvalue weighted by Crippen LogP contribution is 2.52. The second-order valence-electron chi connectivity index (χ2n) is 4.52. The predicted octanol–water partition coefficient (Wildman–Crippen LogP) is 2.56. The average molecular weight is 452 g/mol. The molecule has 0 saturated carbocycles. The summed E-state index contributed by atoms with van der Waals surface area (Å²) in [5.41, 5.74) is -1.30. The molecule has 0 aliphatic carbocycles. The second-order valence-corrected chi connectivity index (χ2v) is 8.85. The van der Waals surface area contributed by atoms with Gasteiger partial charge in [-0.3, -0.25) is 18.5 Å². The van der Waals surface area contributed by atoms with Crippen molar-refractivity contribution in [2.24, 2.45) is 0 Å². The third-order valence-electron chi connectivity index (χ3n) is 2.73. The van der Waals surface area contributed by atoms with Gasteiger partial charge in [-0.25, -0.2) is 0 Å². The second kappa shape index (κ2) is 17.6. The van der Waals surface area contributed by atoms with E-state index in [0.717, 1.165) is 14.2 Å². The van der Waals surface area contributed by atoms with Crippen molar-refractivity contribution in [3.05, 3.63) is 0 Å². The first-order valence-corrected chi connectivity index (χ1v) is 11.8. The van der Waals surface area contributed by atoms with Crippen LogP contribution >= 0.6 is 24.1 Å². The molecule has 3 atom stereocenters. The molecule has 0 saturated heterocycles. The van der Waals surface area contributed by atoms with Gasteiger partial charge in [-0.05, 0) is 19.8 Å². The maximum absolute atomic E-state index is 11.6. The van der Waals surface area contributed by atoms with E-state index in [0.29, 0.717) is 26.1 Å². The summed E-state index contributed by atoms with van der Waals surface area (Å²) >= 11 is 0. The van der Waals surface area contributed by atoms with E-state index in [4.69, 9.17) is 25.5 Å². The summed E-state index contributed by atoms with van der Waals surface area (Å²) in [6.07, 6.45) is 5.96. The third kappa shape index (κ3) is 15.1. The number of carboxylic acids is 1. The van der Waals surface area contributed by atoms with Crippen molar-refractivity contribution < 1.29 is 51.1 Å². The minimum Gasteiger partial charge on any atom is -0.481 e. The minimum absolute atomic E-state index is 0.186. The quantitative estimate of drug-likeness (QED) is 0.227. The van der Waals surface area contributed by atoms with Crippen LogP contribution in [0.1, 0.15) is 26.2 Å². The summed E-state index contributed by atoms with van der Waals surface area (Å²) in [6.45, 7) is 2.63. The first-order valence-electron chi connectivity index (χ1n) is 7.71. The lowest BCUT2D eigenvalue weighted by molar-refractivity contribution is -0.136. The van der Waals surface area contributed by atoms with E-state index < -0.39 is 35.7 Å². The lowest BCUT2D eigenvalue weighted by Crippen LogP contribution is -2.21. The zero-order chi connectivity index (χ0) is 21.3. The predicted molar refractivity (Wildman–Crippen MR) is 99.5 cm³/mol. The van der Waals surface area contributed by atoms with Gasteiger partial charge in [0.05, 0.1) is 19.8 Å². The van der Waals surface area contributed by atoms with E-state index in [1.165, 1.54) is 0 Å². The van der Waals surface area contributed by atoms with Gasteiger partial charge in [-0.15, -0.1) is 12.3 Å². The Balaban J connectivity index is 0. The standard InChI is InChI=1S/C7H11O5P.C6H16O6P2/c1-4-5-6(7(8)9)13(10,11-2)12-3;1-2-10-14(9)12-6-4-3-5-11-13(7)8/h1,6H,5H2,2-3H3,(H,8,9);13-14H,2-6H2,1H3,(H,7,8). The maximum Gasteiger partial charge on any atom is 0.345 e. The summed E-state index contributed by atoms with van der Waals surface area (Å²) in [7, 11) is -6.52. The van der Waals surface area contributed by atoms with Crippen molar-refractivity contribution in [2.75, 3.05) is 34.0 Å². The van der Waals surface area contributed by atoms with Crippen LogP contribution in [0, 0.1) is 12.3 Å². The fourth-order valence-electron chi connectivity index (χ4n) is 1.45. The lowest BCUT2D eigenvalue weighted by atomic mass is 10.3. The molecule has 0 fully saturated rings. The molecule has 0 heterocycles. The van der Waals surface area contributed by atoms with E-state index in [9.17, 15) is 18.5 Å². The molecule has 0 aromatic rings. The van der Waals surface area contributed by atoms with Crippen molar-refractivity contribution in [1.29, 1.82) is 0 Å². The van der Waals surface area contributed by atoms with Crippen LogP contribution in [0.2, 0.25) is 0 Å². The number of unbranched alkanes of at least 4 members (excludes halogenated alkanes) is 1. The fraction of sp³-hybridized carbons (Fsp3) is 0.769. The van der Waals surface area contributed by atoms with Crippen LogP contribution in [0.4, 0.5) is 0 Å². The van der Waals surface area contributed by atoms with Gasteiger partial charge in [0.2, 0.25) is 0 Å². The molecule has 3 unspecified atom stereocenters. The summed E-state index contributed by atoms with van der Waals surface area (Å²) in [4.78, 5) is 18.9. The highest BCUT2D eigenvalue weighted by Gasteiger charge is 2.39. The average Bonchev–Trinajstić information content (AvgIpc) is 2.62. The molecule has 11 nitrogen and oxygen atoms in total. The molecule has 0 radical (unpaired) electrons. The topological polar surface area (TPSA) is 155 Å². The fourth-order valence-corrected chi connectivity index (χ4v) is 3.66. The molecule has 0 aromatic carbocycles. The van der Waals surface area contributed by atoms with E-state index in [1.54, 1.807) is 6.92 Å². The van der Waals surface area contributed by atoms with Crippen LogP contribution in [0.25, 0.3) is 0 Å². The Kier molecular flexibility index (Phi) is 18.7. The zero-order valence-corrected chi connectivity index (χ0v) is 18.3. The summed E-state index contributed by atoms with van der Waals surface area (Å²) in [5.74, 6) is 0.823. The van der Waals surface area contributed by atoms with Gasteiger partial charge < -0.3 is 32.6 Å². The monoisotopic (exact) mass is 452 g/mol. The number of hydrogen-bond acceptors (Lipinski definition) is 9. The number of rotatable bonds is 14. The van der Waals surface area contributed by atoms with Crippen LogP contribution in [-0.4, -0.2) is 55.7 Å². The molecule has 0 aromatic heterocycles. The van der Waals surface area contributed by atoms with Crippen LogP contribution in [0.15, 0.2) is 0 Å². The number of carbonyl (C=O) groups is 1. The van der Waals surface area contributed by atoms with Crippen molar-refractivity contribution >= 4 is 30.1 Å². The van der Waals surface area contributed by atoms with Gasteiger partial charge in [0.15, 0.2) is 5.66 Å². The molecule has 27 heavy (non-hydrogen) atoms. The van der Waals surface area contributed by atoms with Crippen molar-refractivity contribution in [2.45, 2.75) is 31.8 Å². The number of carboxylic acid groups (broad SMARTS) is 1. The Morgan fingerprint density at radius 3 is 2.04 bits per heavy atom. The van der Waals surface area contributed by atoms with E-state index in [1.807, 2.05) is 0 Å². The van der Waals surface area contributed by atoms with Crippen LogP contribution in [0.5, 0.6) is 0 Å². The SMILES string of the molecule is C#CCC(C(=O)O)P(=O)(OC)OC.CCO[PH](=O)OCCCCO[PH](=O)O. The van der Waals surface area contributed by atoms with Crippen LogP contribution in [-0.2, 0) is 41.1 Å². The Labute approximate surface area is 160 Å². The normalized spacial score (nSPS) is 14.3. The Morgan fingerprint density at radius 2 is 1.67 bits per heavy atom.